The molecule has 0 saturated heterocycles. The Morgan fingerprint density at radius 2 is 2.17 bits per heavy atom. The molecule has 2 aromatic rings. The summed E-state index contributed by atoms with van der Waals surface area (Å²) in [6.45, 7) is 2.53. The van der Waals surface area contributed by atoms with Gasteiger partial charge in [-0.1, -0.05) is 6.92 Å². The number of hydrogen-bond donors (Lipinski definition) is 1. The molecule has 98 valence electrons. The van der Waals surface area contributed by atoms with E-state index in [9.17, 15) is 9.59 Å². The highest BCUT2D eigenvalue weighted by Gasteiger charge is 2.16. The molecule has 18 heavy (non-hydrogen) atoms. The van der Waals surface area contributed by atoms with Crippen LogP contribution in [0, 0.1) is 5.92 Å². The number of fused-ring (bicyclic) bond motifs is 1. The second-order valence-electron chi connectivity index (χ2n) is 4.24. The van der Waals surface area contributed by atoms with E-state index >= 15 is 0 Å². The number of nitrogens with zero attached hydrogens (tertiary/aromatic N) is 3. The largest absolute Gasteiger partial charge is 0.329 e. The molecule has 0 radical (unpaired) electrons. The lowest BCUT2D eigenvalue weighted by atomic mass is 10.2. The van der Waals surface area contributed by atoms with E-state index in [0.29, 0.717) is 28.3 Å². The number of aromatic nitrogens is 4. The first-order chi connectivity index (χ1) is 8.45. The van der Waals surface area contributed by atoms with Crippen molar-refractivity contribution in [3.8, 4) is 0 Å². The first-order valence-electron chi connectivity index (χ1n) is 5.36. The van der Waals surface area contributed by atoms with Gasteiger partial charge in [0, 0.05) is 19.5 Å². The van der Waals surface area contributed by atoms with Crippen LogP contribution in [-0.2, 0) is 13.6 Å². The van der Waals surface area contributed by atoms with Gasteiger partial charge in [-0.15, -0.1) is 11.6 Å². The van der Waals surface area contributed by atoms with Crippen molar-refractivity contribution in [3.05, 3.63) is 25.6 Å². The second-order valence-corrected chi connectivity index (χ2v) is 5.26. The molecule has 0 fully saturated rings. The number of hydrogen-bond acceptors (Lipinski definition) is 3. The van der Waals surface area contributed by atoms with E-state index < -0.39 is 11.2 Å². The van der Waals surface area contributed by atoms with Gasteiger partial charge in [0.2, 0.25) is 0 Å². The Morgan fingerprint density at radius 1 is 1.50 bits per heavy atom. The predicted octanol–water partition coefficient (Wildman–Crippen LogP) is 1.06. The summed E-state index contributed by atoms with van der Waals surface area (Å²) in [4.78, 5) is 29.8. The molecule has 1 unspecified atom stereocenters. The molecule has 0 spiro atoms. The van der Waals surface area contributed by atoms with E-state index in [0.717, 1.165) is 0 Å². The first kappa shape index (κ1) is 13.4. The first-order valence-corrected chi connectivity index (χ1v) is 6.69. The summed E-state index contributed by atoms with van der Waals surface area (Å²) >= 11 is 9.08. The summed E-state index contributed by atoms with van der Waals surface area (Å²) in [6.07, 6.45) is 0. The number of aromatic amines is 1. The second kappa shape index (κ2) is 4.89. The maximum absolute atomic E-state index is 11.9. The van der Waals surface area contributed by atoms with Gasteiger partial charge >= 0.3 is 5.69 Å². The molecule has 2 aromatic heterocycles. The van der Waals surface area contributed by atoms with E-state index in [-0.39, 0.29) is 5.92 Å². The van der Waals surface area contributed by atoms with Gasteiger partial charge in [-0.05, 0) is 21.8 Å². The SMILES string of the molecule is CC(CCl)Cn1c(Br)nc2c1c(=O)[nH]c(=O)n2C. The molecule has 0 aromatic carbocycles. The van der Waals surface area contributed by atoms with Crippen LogP contribution < -0.4 is 11.2 Å². The maximum atomic E-state index is 11.9. The van der Waals surface area contributed by atoms with Crippen molar-refractivity contribution < 1.29 is 0 Å². The lowest BCUT2D eigenvalue weighted by Gasteiger charge is -2.10. The van der Waals surface area contributed by atoms with Gasteiger partial charge < -0.3 is 4.57 Å². The zero-order valence-corrected chi connectivity index (χ0v) is 12.2. The van der Waals surface area contributed by atoms with Crippen molar-refractivity contribution in [1.82, 2.24) is 19.1 Å². The van der Waals surface area contributed by atoms with Crippen molar-refractivity contribution in [3.63, 3.8) is 0 Å². The Morgan fingerprint density at radius 3 is 2.78 bits per heavy atom. The van der Waals surface area contributed by atoms with Gasteiger partial charge in [0.25, 0.3) is 5.56 Å². The maximum Gasteiger partial charge on any atom is 0.329 e. The Balaban J connectivity index is 2.75. The number of H-pyrrole nitrogens is 1. The van der Waals surface area contributed by atoms with Crippen LogP contribution in [0.1, 0.15) is 6.92 Å². The van der Waals surface area contributed by atoms with Gasteiger partial charge in [0.05, 0.1) is 0 Å². The molecule has 0 aliphatic carbocycles. The number of imidazole rings is 1. The Kier molecular flexibility index (Phi) is 3.63. The lowest BCUT2D eigenvalue weighted by molar-refractivity contribution is 0.530. The Bertz CT molecular complexity index is 702. The van der Waals surface area contributed by atoms with Crippen molar-refractivity contribution in [1.29, 1.82) is 0 Å². The van der Waals surface area contributed by atoms with E-state index in [4.69, 9.17) is 11.6 Å². The van der Waals surface area contributed by atoms with Crippen LogP contribution in [0.4, 0.5) is 0 Å². The molecular weight excluding hydrogens is 323 g/mol. The van der Waals surface area contributed by atoms with Crippen molar-refractivity contribution >= 4 is 38.7 Å². The zero-order chi connectivity index (χ0) is 13.4. The molecule has 0 saturated carbocycles. The molecule has 0 amide bonds. The van der Waals surface area contributed by atoms with Crippen LogP contribution in [0.2, 0.25) is 0 Å². The highest BCUT2D eigenvalue weighted by atomic mass is 79.9. The van der Waals surface area contributed by atoms with Gasteiger partial charge in [0.15, 0.2) is 15.9 Å². The summed E-state index contributed by atoms with van der Waals surface area (Å²) in [5.41, 5.74) is -0.179. The molecule has 8 heteroatoms. The fraction of sp³-hybridized carbons (Fsp3) is 0.500. The summed E-state index contributed by atoms with van der Waals surface area (Å²) < 4.78 is 3.55. The summed E-state index contributed by atoms with van der Waals surface area (Å²) in [5, 5.41) is 0. The predicted molar refractivity (Wildman–Crippen MR) is 73.2 cm³/mol. The minimum absolute atomic E-state index is 0.192. The normalized spacial score (nSPS) is 13.1. The highest BCUT2D eigenvalue weighted by molar-refractivity contribution is 9.10. The Hall–Kier alpha value is -1.08. The number of nitrogens with one attached hydrogen (secondary N) is 1. The molecule has 0 aliphatic heterocycles. The quantitative estimate of drug-likeness (QED) is 0.673. The zero-order valence-electron chi connectivity index (χ0n) is 9.91. The van der Waals surface area contributed by atoms with E-state index in [1.807, 2.05) is 6.92 Å². The molecule has 2 heterocycles. The average Bonchev–Trinajstić information content (AvgIpc) is 2.64. The van der Waals surface area contributed by atoms with Crippen molar-refractivity contribution in [2.75, 3.05) is 5.88 Å². The molecule has 2 rings (SSSR count). The summed E-state index contributed by atoms with van der Waals surface area (Å²) in [6, 6.07) is 0. The molecular formula is C10H12BrClN4O2. The number of aryl methyl sites for hydroxylation is 1. The van der Waals surface area contributed by atoms with Gasteiger partial charge in [-0.25, -0.2) is 9.78 Å². The third-order valence-electron chi connectivity index (χ3n) is 2.72. The fourth-order valence-corrected chi connectivity index (χ4v) is 2.32. The molecule has 1 N–H and O–H groups in total. The Labute approximate surface area is 116 Å². The van der Waals surface area contributed by atoms with Crippen molar-refractivity contribution in [2.45, 2.75) is 13.5 Å². The number of alkyl halides is 1. The third-order valence-corrected chi connectivity index (χ3v) is 3.85. The van der Waals surface area contributed by atoms with Crippen LogP contribution >= 0.6 is 27.5 Å². The van der Waals surface area contributed by atoms with Crippen LogP contribution in [-0.4, -0.2) is 25.0 Å². The van der Waals surface area contributed by atoms with Gasteiger partial charge in [-0.3, -0.25) is 14.3 Å². The molecule has 1 atom stereocenters. The summed E-state index contributed by atoms with van der Waals surface area (Å²) in [5.74, 6) is 0.674. The van der Waals surface area contributed by atoms with Crippen molar-refractivity contribution in [2.24, 2.45) is 13.0 Å². The summed E-state index contributed by atoms with van der Waals surface area (Å²) in [7, 11) is 1.56. The minimum Gasteiger partial charge on any atom is -0.312 e. The van der Waals surface area contributed by atoms with Gasteiger partial charge in [0.1, 0.15) is 0 Å². The van der Waals surface area contributed by atoms with E-state index in [1.165, 1.54) is 4.57 Å². The lowest BCUT2D eigenvalue weighted by Crippen LogP contribution is -2.29. The van der Waals surface area contributed by atoms with Crippen LogP contribution in [0.25, 0.3) is 11.2 Å². The van der Waals surface area contributed by atoms with Crippen LogP contribution in [0.5, 0.6) is 0 Å². The highest BCUT2D eigenvalue weighted by Crippen LogP contribution is 2.18. The van der Waals surface area contributed by atoms with Crippen LogP contribution in [0.15, 0.2) is 14.3 Å². The number of rotatable bonds is 3. The fourth-order valence-electron chi connectivity index (χ4n) is 1.74. The van der Waals surface area contributed by atoms with Crippen LogP contribution in [0.3, 0.4) is 0 Å². The standard InChI is InChI=1S/C10H12BrClN4O2/c1-5(3-12)4-16-6-7(13-9(16)11)15(2)10(18)14-8(6)17/h5H,3-4H2,1-2H3,(H,14,17,18). The average molecular weight is 336 g/mol. The van der Waals surface area contributed by atoms with E-state index in [1.54, 1.807) is 11.6 Å². The molecule has 0 bridgehead atoms. The number of halogens is 2. The molecule has 6 nitrogen and oxygen atoms in total. The topological polar surface area (TPSA) is 72.7 Å². The molecule has 0 aliphatic rings. The third kappa shape index (κ3) is 2.12. The monoisotopic (exact) mass is 334 g/mol. The van der Waals surface area contributed by atoms with Gasteiger partial charge in [-0.2, -0.15) is 0 Å². The minimum atomic E-state index is -0.477. The smallest absolute Gasteiger partial charge is 0.312 e. The van der Waals surface area contributed by atoms with E-state index in [2.05, 4.69) is 25.9 Å².